The lowest BCUT2D eigenvalue weighted by molar-refractivity contribution is -0.120. The van der Waals surface area contributed by atoms with Gasteiger partial charge in [-0.15, -0.1) is 0 Å². The number of carbonyl (C=O) groups is 2. The molecule has 1 saturated heterocycles. The van der Waals surface area contributed by atoms with Gasteiger partial charge in [0.05, 0.1) is 10.7 Å². The van der Waals surface area contributed by atoms with E-state index >= 15 is 0 Å². The topological polar surface area (TPSA) is 52.7 Å². The first kappa shape index (κ1) is 16.1. The van der Waals surface area contributed by atoms with Crippen molar-refractivity contribution in [3.8, 4) is 0 Å². The van der Waals surface area contributed by atoms with E-state index in [0.717, 1.165) is 19.5 Å². The highest BCUT2D eigenvalue weighted by atomic mass is 35.5. The largest absolute Gasteiger partial charge is 0.343 e. The molecule has 1 fully saturated rings. The summed E-state index contributed by atoms with van der Waals surface area (Å²) in [5, 5.41) is 3.75. The number of nitrogens with one attached hydrogen (secondary N) is 1. The van der Waals surface area contributed by atoms with E-state index in [1.807, 2.05) is 0 Å². The predicted molar refractivity (Wildman–Crippen MR) is 83.8 cm³/mol. The van der Waals surface area contributed by atoms with Crippen LogP contribution < -0.4 is 5.32 Å². The van der Waals surface area contributed by atoms with E-state index in [9.17, 15) is 9.59 Å². The lowest BCUT2D eigenvalue weighted by atomic mass is 10.2. The molecule has 0 aliphatic carbocycles. The van der Waals surface area contributed by atoms with Crippen molar-refractivity contribution in [2.45, 2.75) is 6.42 Å². The smallest absolute Gasteiger partial charge is 0.225 e. The molecule has 0 saturated carbocycles. The molecule has 5 nitrogen and oxygen atoms in total. The van der Waals surface area contributed by atoms with E-state index in [1.54, 1.807) is 23.1 Å². The monoisotopic (exact) mass is 329 g/mol. The molecule has 0 spiro atoms. The quantitative estimate of drug-likeness (QED) is 0.841. The van der Waals surface area contributed by atoms with E-state index in [4.69, 9.17) is 23.2 Å². The molecule has 2 amide bonds. The fraction of sp³-hybridized carbons (Fsp3) is 0.429. The molecule has 7 heteroatoms. The summed E-state index contributed by atoms with van der Waals surface area (Å²) in [5.74, 6) is -0.100. The molecule has 21 heavy (non-hydrogen) atoms. The maximum atomic E-state index is 11.9. The van der Waals surface area contributed by atoms with Gasteiger partial charge in [0.2, 0.25) is 12.3 Å². The fourth-order valence-corrected chi connectivity index (χ4v) is 2.49. The summed E-state index contributed by atoms with van der Waals surface area (Å²) in [6, 6.07) is 4.95. The minimum absolute atomic E-state index is 0.100. The average molecular weight is 330 g/mol. The first-order valence-corrected chi connectivity index (χ1v) is 7.50. The number of piperazine rings is 1. The van der Waals surface area contributed by atoms with Gasteiger partial charge in [0.1, 0.15) is 0 Å². The molecule has 1 N–H and O–H groups in total. The Bertz CT molecular complexity index is 517. The van der Waals surface area contributed by atoms with Crippen LogP contribution in [-0.4, -0.2) is 54.8 Å². The molecular formula is C14H17Cl2N3O2. The lowest BCUT2D eigenvalue weighted by Gasteiger charge is -2.32. The molecule has 0 bridgehead atoms. The molecule has 0 unspecified atom stereocenters. The van der Waals surface area contributed by atoms with E-state index in [1.165, 1.54) is 0 Å². The molecule has 1 aromatic rings. The zero-order valence-corrected chi connectivity index (χ0v) is 13.0. The van der Waals surface area contributed by atoms with E-state index < -0.39 is 0 Å². The number of anilines is 1. The number of rotatable bonds is 5. The summed E-state index contributed by atoms with van der Waals surface area (Å²) in [6.45, 7) is 3.68. The van der Waals surface area contributed by atoms with Crippen LogP contribution in [0.1, 0.15) is 6.42 Å². The van der Waals surface area contributed by atoms with Crippen LogP contribution in [-0.2, 0) is 9.59 Å². The molecule has 114 valence electrons. The molecule has 1 aliphatic heterocycles. The molecule has 1 aromatic carbocycles. The van der Waals surface area contributed by atoms with Crippen LogP contribution in [0.5, 0.6) is 0 Å². The van der Waals surface area contributed by atoms with Gasteiger partial charge in [-0.3, -0.25) is 14.5 Å². The van der Waals surface area contributed by atoms with Crippen molar-refractivity contribution >= 4 is 41.2 Å². The summed E-state index contributed by atoms with van der Waals surface area (Å²) in [5.41, 5.74) is 0.528. The molecule has 1 aliphatic rings. The van der Waals surface area contributed by atoms with Crippen molar-refractivity contribution in [2.24, 2.45) is 0 Å². The van der Waals surface area contributed by atoms with Crippen molar-refractivity contribution in [1.82, 2.24) is 9.80 Å². The molecular weight excluding hydrogens is 313 g/mol. The van der Waals surface area contributed by atoms with Crippen LogP contribution in [0.25, 0.3) is 0 Å². The summed E-state index contributed by atoms with van der Waals surface area (Å²) in [4.78, 5) is 26.5. The Hall–Kier alpha value is -1.30. The Morgan fingerprint density at radius 3 is 2.62 bits per heavy atom. The van der Waals surface area contributed by atoms with Gasteiger partial charge in [-0.05, 0) is 18.2 Å². The third-order valence-electron chi connectivity index (χ3n) is 3.41. The highest BCUT2D eigenvalue weighted by Gasteiger charge is 2.16. The van der Waals surface area contributed by atoms with Crippen molar-refractivity contribution in [2.75, 3.05) is 38.0 Å². The maximum absolute atomic E-state index is 11.9. The van der Waals surface area contributed by atoms with Crippen LogP contribution in [0, 0.1) is 0 Å². The lowest BCUT2D eigenvalue weighted by Crippen LogP contribution is -2.46. The van der Waals surface area contributed by atoms with Gasteiger partial charge in [0.15, 0.2) is 0 Å². The maximum Gasteiger partial charge on any atom is 0.225 e. The number of nitrogens with zero attached hydrogens (tertiary/aromatic N) is 2. The molecule has 2 rings (SSSR count). The molecule has 0 aromatic heterocycles. The van der Waals surface area contributed by atoms with Crippen LogP contribution in [0.2, 0.25) is 10.0 Å². The Morgan fingerprint density at radius 2 is 1.95 bits per heavy atom. The van der Waals surface area contributed by atoms with E-state index in [0.29, 0.717) is 41.8 Å². The highest BCUT2D eigenvalue weighted by Crippen LogP contribution is 2.25. The average Bonchev–Trinajstić information content (AvgIpc) is 2.49. The van der Waals surface area contributed by atoms with Gasteiger partial charge >= 0.3 is 0 Å². The first-order valence-electron chi connectivity index (χ1n) is 6.75. The second kappa shape index (κ2) is 7.64. The van der Waals surface area contributed by atoms with Gasteiger partial charge in [-0.25, -0.2) is 0 Å². The van der Waals surface area contributed by atoms with Gasteiger partial charge in [0, 0.05) is 44.2 Å². The van der Waals surface area contributed by atoms with Crippen LogP contribution in [0.3, 0.4) is 0 Å². The number of hydrogen-bond acceptors (Lipinski definition) is 3. The van der Waals surface area contributed by atoms with Gasteiger partial charge in [-0.1, -0.05) is 23.2 Å². The number of hydrogen-bond donors (Lipinski definition) is 1. The van der Waals surface area contributed by atoms with Crippen molar-refractivity contribution in [3.63, 3.8) is 0 Å². The predicted octanol–water partition coefficient (Wildman–Crippen LogP) is 2.10. The standard InChI is InChI=1S/C14H17Cl2N3O2/c15-11-1-2-12(16)13(9-11)17-14(21)3-4-18-5-7-19(10-20)8-6-18/h1-2,9-10H,3-8H2,(H,17,21). The van der Waals surface area contributed by atoms with Crippen molar-refractivity contribution in [3.05, 3.63) is 28.2 Å². The first-order chi connectivity index (χ1) is 10.1. The normalized spacial score (nSPS) is 15.8. The number of halogens is 2. The summed E-state index contributed by atoms with van der Waals surface area (Å²) < 4.78 is 0. The number of amides is 2. The summed E-state index contributed by atoms with van der Waals surface area (Å²) in [6.07, 6.45) is 1.25. The van der Waals surface area contributed by atoms with Crippen LogP contribution in [0.15, 0.2) is 18.2 Å². The second-order valence-corrected chi connectivity index (χ2v) is 5.75. The zero-order chi connectivity index (χ0) is 15.2. The van der Waals surface area contributed by atoms with Gasteiger partial charge in [-0.2, -0.15) is 0 Å². The molecule has 1 heterocycles. The minimum Gasteiger partial charge on any atom is -0.343 e. The Labute approximate surface area is 133 Å². The summed E-state index contributed by atoms with van der Waals surface area (Å²) in [7, 11) is 0. The molecule has 0 atom stereocenters. The third kappa shape index (κ3) is 4.88. The number of carbonyl (C=O) groups excluding carboxylic acids is 2. The van der Waals surface area contributed by atoms with Crippen LogP contribution in [0.4, 0.5) is 5.69 Å². The SMILES string of the molecule is O=CN1CCN(CCC(=O)Nc2cc(Cl)ccc2Cl)CC1. The highest BCUT2D eigenvalue weighted by molar-refractivity contribution is 6.35. The zero-order valence-electron chi connectivity index (χ0n) is 11.5. The Morgan fingerprint density at radius 1 is 1.24 bits per heavy atom. The Kier molecular flexibility index (Phi) is 5.85. The van der Waals surface area contributed by atoms with E-state index in [-0.39, 0.29) is 5.91 Å². The summed E-state index contributed by atoms with van der Waals surface area (Å²) >= 11 is 11.9. The number of benzene rings is 1. The second-order valence-electron chi connectivity index (χ2n) is 4.91. The molecule has 0 radical (unpaired) electrons. The van der Waals surface area contributed by atoms with Crippen LogP contribution >= 0.6 is 23.2 Å². The van der Waals surface area contributed by atoms with E-state index in [2.05, 4.69) is 10.2 Å². The third-order valence-corrected chi connectivity index (χ3v) is 3.98. The van der Waals surface area contributed by atoms with Gasteiger partial charge in [0.25, 0.3) is 0 Å². The van der Waals surface area contributed by atoms with Crippen molar-refractivity contribution < 1.29 is 9.59 Å². The minimum atomic E-state index is -0.100. The fourth-order valence-electron chi connectivity index (χ4n) is 2.16. The Balaban J connectivity index is 1.77. The van der Waals surface area contributed by atoms with Crippen molar-refractivity contribution in [1.29, 1.82) is 0 Å². The van der Waals surface area contributed by atoms with Gasteiger partial charge < -0.3 is 10.2 Å².